The molecule has 0 aliphatic carbocycles. The lowest BCUT2D eigenvalue weighted by Gasteiger charge is -2.29. The van der Waals surface area contributed by atoms with Crippen LogP contribution in [0.1, 0.15) is 18.7 Å². The molecule has 0 amide bonds. The number of aryl methyl sites for hydroxylation is 1. The van der Waals surface area contributed by atoms with E-state index in [2.05, 4.69) is 27.5 Å². The van der Waals surface area contributed by atoms with Crippen molar-refractivity contribution in [2.75, 3.05) is 31.2 Å². The summed E-state index contributed by atoms with van der Waals surface area (Å²) in [6.07, 6.45) is 3.77. The van der Waals surface area contributed by atoms with Crippen LogP contribution in [0.3, 0.4) is 0 Å². The number of nitrogens with zero attached hydrogens (tertiary/aromatic N) is 5. The van der Waals surface area contributed by atoms with E-state index < -0.39 is 11.6 Å². The largest absolute Gasteiger partial charge is 0.454 e. The number of aromatic nitrogens is 4. The van der Waals surface area contributed by atoms with E-state index in [9.17, 15) is 8.78 Å². The molecule has 0 spiro atoms. The van der Waals surface area contributed by atoms with Crippen molar-refractivity contribution in [1.29, 1.82) is 0 Å². The number of ether oxygens (including phenoxy) is 1. The maximum Gasteiger partial charge on any atom is 0.203 e. The molecule has 0 bridgehead atoms. The number of hydrogen-bond donors (Lipinski definition) is 2. The summed E-state index contributed by atoms with van der Waals surface area (Å²) in [4.78, 5) is 7.14. The summed E-state index contributed by atoms with van der Waals surface area (Å²) in [7, 11) is 2.11. The zero-order chi connectivity index (χ0) is 23.8. The number of nitrogens with two attached hydrogens (primary N) is 1. The summed E-state index contributed by atoms with van der Waals surface area (Å²) >= 11 is 0. The normalized spacial score (nSPS) is 15.1. The molecule has 10 heteroatoms. The molecule has 1 aliphatic heterocycles. The maximum absolute atomic E-state index is 14.3. The smallest absolute Gasteiger partial charge is 0.203 e. The highest BCUT2D eigenvalue weighted by atomic mass is 19.1. The van der Waals surface area contributed by atoms with E-state index >= 15 is 0 Å². The lowest BCUT2D eigenvalue weighted by Crippen LogP contribution is -2.37. The SMILES string of the molecule is Cc1nnc2c(NC3CCN(C)CC3)nc(-c3cc(N)ccc3Oc3ccc(F)cc3F)cn12. The minimum absolute atomic E-state index is 0.0985. The predicted octanol–water partition coefficient (Wildman–Crippen LogP) is 4.26. The van der Waals surface area contributed by atoms with Crippen molar-refractivity contribution in [3.05, 3.63) is 60.1 Å². The second-order valence-electron chi connectivity index (χ2n) is 8.57. The average molecular weight is 466 g/mol. The Bertz CT molecular complexity index is 1350. The molecule has 8 nitrogen and oxygen atoms in total. The van der Waals surface area contributed by atoms with Crippen molar-refractivity contribution in [2.45, 2.75) is 25.8 Å². The first-order valence-corrected chi connectivity index (χ1v) is 11.1. The number of hydrogen-bond acceptors (Lipinski definition) is 7. The third-order valence-electron chi connectivity index (χ3n) is 6.01. The Morgan fingerprint density at radius 3 is 2.59 bits per heavy atom. The van der Waals surface area contributed by atoms with Crippen LogP contribution in [0.2, 0.25) is 0 Å². The monoisotopic (exact) mass is 465 g/mol. The van der Waals surface area contributed by atoms with E-state index in [0.717, 1.165) is 38.1 Å². The Morgan fingerprint density at radius 1 is 1.06 bits per heavy atom. The highest BCUT2D eigenvalue weighted by molar-refractivity contribution is 5.75. The Morgan fingerprint density at radius 2 is 1.82 bits per heavy atom. The zero-order valence-corrected chi connectivity index (χ0v) is 18.9. The van der Waals surface area contributed by atoms with Gasteiger partial charge in [-0.1, -0.05) is 0 Å². The van der Waals surface area contributed by atoms with Gasteiger partial charge in [0.2, 0.25) is 5.65 Å². The maximum atomic E-state index is 14.3. The fourth-order valence-electron chi connectivity index (χ4n) is 4.09. The van der Waals surface area contributed by atoms with Gasteiger partial charge in [0.05, 0.1) is 5.69 Å². The highest BCUT2D eigenvalue weighted by Gasteiger charge is 2.21. The van der Waals surface area contributed by atoms with Gasteiger partial charge in [0, 0.05) is 29.6 Å². The molecule has 34 heavy (non-hydrogen) atoms. The molecule has 1 fully saturated rings. The molecule has 3 N–H and O–H groups in total. The molecule has 176 valence electrons. The van der Waals surface area contributed by atoms with E-state index in [4.69, 9.17) is 15.5 Å². The lowest BCUT2D eigenvalue weighted by molar-refractivity contribution is 0.263. The summed E-state index contributed by atoms with van der Waals surface area (Å²) in [6, 6.07) is 8.43. The minimum atomic E-state index is -0.800. The first-order valence-electron chi connectivity index (χ1n) is 11.1. The number of rotatable bonds is 5. The van der Waals surface area contributed by atoms with Crippen LogP contribution in [0.25, 0.3) is 16.9 Å². The van der Waals surface area contributed by atoms with E-state index in [1.807, 2.05) is 11.3 Å². The molecule has 0 radical (unpaired) electrons. The Kier molecular flexibility index (Phi) is 5.74. The molecule has 2 aromatic heterocycles. The molecule has 0 unspecified atom stereocenters. The topological polar surface area (TPSA) is 93.6 Å². The van der Waals surface area contributed by atoms with Crippen LogP contribution in [0.15, 0.2) is 42.6 Å². The van der Waals surface area contributed by atoms with Crippen LogP contribution >= 0.6 is 0 Å². The van der Waals surface area contributed by atoms with E-state index in [0.29, 0.717) is 40.0 Å². The fourth-order valence-corrected chi connectivity index (χ4v) is 4.09. The first kappa shape index (κ1) is 22.0. The van der Waals surface area contributed by atoms with Crippen molar-refractivity contribution in [3.8, 4) is 22.8 Å². The van der Waals surface area contributed by atoms with Gasteiger partial charge in [-0.3, -0.25) is 4.40 Å². The van der Waals surface area contributed by atoms with Crippen molar-refractivity contribution >= 4 is 17.2 Å². The predicted molar refractivity (Wildman–Crippen MR) is 126 cm³/mol. The number of piperidine rings is 1. The van der Waals surface area contributed by atoms with Gasteiger partial charge in [-0.25, -0.2) is 13.8 Å². The fraction of sp³-hybridized carbons (Fsp3) is 0.292. The van der Waals surface area contributed by atoms with Crippen molar-refractivity contribution in [3.63, 3.8) is 0 Å². The third-order valence-corrected chi connectivity index (χ3v) is 6.01. The number of likely N-dealkylation sites (tertiary alicyclic amines) is 1. The van der Waals surface area contributed by atoms with Gasteiger partial charge in [-0.05, 0) is 70.2 Å². The first-order chi connectivity index (χ1) is 16.4. The number of nitrogens with one attached hydrogen (secondary N) is 1. The van der Waals surface area contributed by atoms with Gasteiger partial charge in [-0.15, -0.1) is 10.2 Å². The van der Waals surface area contributed by atoms with Crippen molar-refractivity contribution in [2.24, 2.45) is 0 Å². The molecule has 5 rings (SSSR count). The third kappa shape index (κ3) is 4.36. The second kappa shape index (κ2) is 8.86. The molecule has 0 atom stereocenters. The van der Waals surface area contributed by atoms with Gasteiger partial charge in [0.15, 0.2) is 17.4 Å². The summed E-state index contributed by atoms with van der Waals surface area (Å²) in [5.74, 6) is 0.0591. The number of benzene rings is 2. The summed E-state index contributed by atoms with van der Waals surface area (Å²) in [6.45, 7) is 3.85. The lowest BCUT2D eigenvalue weighted by atomic mass is 10.1. The van der Waals surface area contributed by atoms with Crippen LogP contribution in [-0.4, -0.2) is 50.7 Å². The van der Waals surface area contributed by atoms with Crippen LogP contribution in [0.5, 0.6) is 11.5 Å². The minimum Gasteiger partial charge on any atom is -0.454 e. The summed E-state index contributed by atoms with van der Waals surface area (Å²) < 4.78 is 35.3. The Hall–Kier alpha value is -3.79. The summed E-state index contributed by atoms with van der Waals surface area (Å²) in [5, 5.41) is 12.0. The zero-order valence-electron chi connectivity index (χ0n) is 18.9. The molecule has 1 saturated heterocycles. The van der Waals surface area contributed by atoms with Gasteiger partial charge in [-0.2, -0.15) is 0 Å². The number of halogens is 2. The van der Waals surface area contributed by atoms with Gasteiger partial charge >= 0.3 is 0 Å². The van der Waals surface area contributed by atoms with Crippen molar-refractivity contribution in [1.82, 2.24) is 24.5 Å². The van der Waals surface area contributed by atoms with E-state index in [-0.39, 0.29) is 11.8 Å². The van der Waals surface area contributed by atoms with Gasteiger partial charge in [0.1, 0.15) is 17.4 Å². The van der Waals surface area contributed by atoms with E-state index in [1.165, 1.54) is 6.07 Å². The van der Waals surface area contributed by atoms with E-state index in [1.54, 1.807) is 24.4 Å². The van der Waals surface area contributed by atoms with Gasteiger partial charge < -0.3 is 20.7 Å². The van der Waals surface area contributed by atoms with Crippen LogP contribution in [-0.2, 0) is 0 Å². The highest BCUT2D eigenvalue weighted by Crippen LogP contribution is 2.36. The molecular weight excluding hydrogens is 440 g/mol. The molecule has 3 heterocycles. The van der Waals surface area contributed by atoms with Crippen LogP contribution in [0.4, 0.5) is 20.3 Å². The molecular formula is C24H25F2N7O. The quantitative estimate of drug-likeness (QED) is 0.426. The second-order valence-corrected chi connectivity index (χ2v) is 8.57. The number of fused-ring (bicyclic) bond motifs is 1. The Balaban J connectivity index is 1.57. The van der Waals surface area contributed by atoms with Gasteiger partial charge in [0.25, 0.3) is 0 Å². The molecule has 1 aliphatic rings. The molecule has 2 aromatic carbocycles. The summed E-state index contributed by atoms with van der Waals surface area (Å²) in [5.41, 5.74) is 8.30. The average Bonchev–Trinajstić information content (AvgIpc) is 3.19. The molecule has 4 aromatic rings. The molecule has 0 saturated carbocycles. The van der Waals surface area contributed by atoms with Crippen molar-refractivity contribution < 1.29 is 13.5 Å². The Labute approximate surface area is 195 Å². The number of nitrogen functional groups attached to an aromatic ring is 1. The standard InChI is InChI=1S/C24H25F2N7O/c1-14-30-31-24-23(28-17-7-9-32(2)10-8-17)29-20(13-33(14)24)18-12-16(27)4-6-21(18)34-22-5-3-15(25)11-19(22)26/h3-6,11-13,17H,7-10,27H2,1-2H3,(H,28,29). The van der Waals surface area contributed by atoms with Crippen LogP contribution in [0, 0.1) is 18.6 Å². The van der Waals surface area contributed by atoms with Crippen LogP contribution < -0.4 is 15.8 Å². The number of anilines is 2.